The van der Waals surface area contributed by atoms with Gasteiger partial charge in [0.15, 0.2) is 5.96 Å². The van der Waals surface area contributed by atoms with Crippen LogP contribution in [0.5, 0.6) is 5.75 Å². The van der Waals surface area contributed by atoms with Gasteiger partial charge in [0.25, 0.3) is 0 Å². The molecule has 5 nitrogen and oxygen atoms in total. The topological polar surface area (TPSA) is 58.5 Å². The summed E-state index contributed by atoms with van der Waals surface area (Å²) in [5.74, 6) is 1.64. The van der Waals surface area contributed by atoms with Crippen LogP contribution in [-0.2, 0) is 13.1 Å². The van der Waals surface area contributed by atoms with E-state index in [1.165, 1.54) is 0 Å². The summed E-state index contributed by atoms with van der Waals surface area (Å²) in [4.78, 5) is 9.17. The summed E-state index contributed by atoms with van der Waals surface area (Å²) in [6.45, 7) is 4.14. The Morgan fingerprint density at radius 2 is 1.81 bits per heavy atom. The van der Waals surface area contributed by atoms with E-state index in [9.17, 15) is 0 Å². The number of nitrogens with one attached hydrogen (secondary N) is 2. The Kier molecular flexibility index (Phi) is 8.32. The first-order valence-corrected chi connectivity index (χ1v) is 8.78. The van der Waals surface area contributed by atoms with Crippen LogP contribution in [0.25, 0.3) is 10.9 Å². The molecular weight excluding hydrogens is 451 g/mol. The van der Waals surface area contributed by atoms with E-state index < -0.39 is 0 Å². The number of hydrogen-bond donors (Lipinski definition) is 2. The highest BCUT2D eigenvalue weighted by Crippen LogP contribution is 2.15. The van der Waals surface area contributed by atoms with E-state index in [4.69, 9.17) is 4.74 Å². The van der Waals surface area contributed by atoms with Crippen LogP contribution in [0.4, 0.5) is 0 Å². The lowest BCUT2D eigenvalue weighted by Crippen LogP contribution is -2.36. The molecule has 0 amide bonds. The maximum Gasteiger partial charge on any atom is 0.191 e. The minimum atomic E-state index is 0. The van der Waals surface area contributed by atoms with E-state index in [-0.39, 0.29) is 24.0 Å². The number of benzene rings is 2. The van der Waals surface area contributed by atoms with E-state index in [1.54, 1.807) is 7.11 Å². The van der Waals surface area contributed by atoms with Crippen LogP contribution in [0.15, 0.2) is 65.8 Å². The summed E-state index contributed by atoms with van der Waals surface area (Å²) in [5.41, 5.74) is 3.31. The van der Waals surface area contributed by atoms with Crippen molar-refractivity contribution in [2.75, 3.05) is 13.7 Å². The number of rotatable bonds is 6. The third kappa shape index (κ3) is 5.82. The van der Waals surface area contributed by atoms with Crippen LogP contribution in [0, 0.1) is 0 Å². The molecule has 142 valence electrons. The van der Waals surface area contributed by atoms with Crippen LogP contribution in [0.3, 0.4) is 0 Å². The molecule has 0 saturated carbocycles. The Morgan fingerprint density at radius 1 is 1.04 bits per heavy atom. The third-order valence-electron chi connectivity index (χ3n) is 4.09. The quantitative estimate of drug-likeness (QED) is 0.320. The van der Waals surface area contributed by atoms with Gasteiger partial charge in [-0.2, -0.15) is 0 Å². The molecule has 3 rings (SSSR count). The summed E-state index contributed by atoms with van der Waals surface area (Å²) in [6, 6.07) is 18.2. The molecule has 0 saturated heterocycles. The molecule has 6 heteroatoms. The molecule has 0 unspecified atom stereocenters. The molecule has 2 aromatic carbocycles. The van der Waals surface area contributed by atoms with Crippen molar-refractivity contribution in [2.24, 2.45) is 4.99 Å². The van der Waals surface area contributed by atoms with E-state index in [1.807, 2.05) is 36.5 Å². The third-order valence-corrected chi connectivity index (χ3v) is 4.09. The van der Waals surface area contributed by atoms with Crippen LogP contribution in [-0.4, -0.2) is 24.6 Å². The molecule has 0 spiro atoms. The molecule has 0 fully saturated rings. The molecule has 1 aromatic heterocycles. The zero-order valence-corrected chi connectivity index (χ0v) is 17.9. The van der Waals surface area contributed by atoms with Gasteiger partial charge in [-0.15, -0.1) is 24.0 Å². The van der Waals surface area contributed by atoms with Crippen LogP contribution < -0.4 is 15.4 Å². The predicted molar refractivity (Wildman–Crippen MR) is 122 cm³/mol. The van der Waals surface area contributed by atoms with Gasteiger partial charge >= 0.3 is 0 Å². The van der Waals surface area contributed by atoms with Gasteiger partial charge in [-0.05, 0) is 36.2 Å². The number of nitrogens with zero attached hydrogens (tertiary/aromatic N) is 2. The zero-order valence-electron chi connectivity index (χ0n) is 15.6. The highest BCUT2D eigenvalue weighted by molar-refractivity contribution is 14.0. The number of para-hydroxylation sites is 1. The molecule has 2 N–H and O–H groups in total. The maximum atomic E-state index is 5.19. The van der Waals surface area contributed by atoms with Crippen molar-refractivity contribution < 1.29 is 4.74 Å². The minimum absolute atomic E-state index is 0. The van der Waals surface area contributed by atoms with Crippen molar-refractivity contribution >= 4 is 40.8 Å². The lowest BCUT2D eigenvalue weighted by atomic mass is 10.1. The Labute approximate surface area is 177 Å². The highest BCUT2D eigenvalue weighted by Gasteiger charge is 2.03. The number of aromatic nitrogens is 1. The Hall–Kier alpha value is -2.35. The predicted octanol–water partition coefficient (Wildman–Crippen LogP) is 4.12. The lowest BCUT2D eigenvalue weighted by molar-refractivity contribution is 0.414. The number of halogens is 1. The molecule has 1 heterocycles. The summed E-state index contributed by atoms with van der Waals surface area (Å²) >= 11 is 0. The molecule has 0 bridgehead atoms. The minimum Gasteiger partial charge on any atom is -0.497 e. The normalized spacial score (nSPS) is 11.0. The van der Waals surface area contributed by atoms with E-state index in [0.717, 1.165) is 40.3 Å². The average Bonchev–Trinajstić information content (AvgIpc) is 2.70. The SMILES string of the molecule is CCNC(=NCc1ccc(OC)cc1)NCc1cccc2cccnc12.I. The number of fused-ring (bicyclic) bond motifs is 1. The van der Waals surface area contributed by atoms with Gasteiger partial charge in [-0.1, -0.05) is 36.4 Å². The van der Waals surface area contributed by atoms with Gasteiger partial charge in [0.1, 0.15) is 5.75 Å². The van der Waals surface area contributed by atoms with E-state index >= 15 is 0 Å². The monoisotopic (exact) mass is 476 g/mol. The molecule has 0 aliphatic carbocycles. The number of hydrogen-bond acceptors (Lipinski definition) is 3. The fraction of sp³-hybridized carbons (Fsp3) is 0.238. The van der Waals surface area contributed by atoms with Crippen LogP contribution in [0.1, 0.15) is 18.1 Å². The van der Waals surface area contributed by atoms with Gasteiger partial charge < -0.3 is 15.4 Å². The number of pyridine rings is 1. The van der Waals surface area contributed by atoms with E-state index in [2.05, 4.69) is 51.8 Å². The van der Waals surface area contributed by atoms with Crippen molar-refractivity contribution in [2.45, 2.75) is 20.0 Å². The molecule has 0 atom stereocenters. The second kappa shape index (κ2) is 10.7. The molecule has 0 radical (unpaired) electrons. The molecule has 0 aliphatic rings. The summed E-state index contributed by atoms with van der Waals surface area (Å²) in [6.07, 6.45) is 1.83. The van der Waals surface area contributed by atoms with Crippen molar-refractivity contribution in [3.05, 3.63) is 71.9 Å². The van der Waals surface area contributed by atoms with Crippen molar-refractivity contribution in [1.29, 1.82) is 0 Å². The van der Waals surface area contributed by atoms with Crippen LogP contribution in [0.2, 0.25) is 0 Å². The van der Waals surface area contributed by atoms with Gasteiger partial charge in [0, 0.05) is 24.7 Å². The van der Waals surface area contributed by atoms with Crippen molar-refractivity contribution in [1.82, 2.24) is 15.6 Å². The van der Waals surface area contributed by atoms with Gasteiger partial charge in [0.05, 0.1) is 19.2 Å². The summed E-state index contributed by atoms with van der Waals surface area (Å²) in [7, 11) is 1.67. The molecule has 3 aromatic rings. The smallest absolute Gasteiger partial charge is 0.191 e. The Morgan fingerprint density at radius 3 is 2.56 bits per heavy atom. The first-order valence-electron chi connectivity index (χ1n) is 8.78. The molecule has 27 heavy (non-hydrogen) atoms. The second-order valence-electron chi connectivity index (χ2n) is 5.89. The molecular formula is C21H25IN4O. The largest absolute Gasteiger partial charge is 0.497 e. The van der Waals surface area contributed by atoms with Gasteiger partial charge in [-0.3, -0.25) is 4.98 Å². The first kappa shape index (κ1) is 21.0. The van der Waals surface area contributed by atoms with Gasteiger partial charge in [0.2, 0.25) is 0 Å². The van der Waals surface area contributed by atoms with Crippen LogP contribution >= 0.6 is 24.0 Å². The lowest BCUT2D eigenvalue weighted by Gasteiger charge is -2.12. The number of aliphatic imine (C=N–C) groups is 1. The summed E-state index contributed by atoms with van der Waals surface area (Å²) in [5, 5.41) is 7.83. The fourth-order valence-corrected chi connectivity index (χ4v) is 2.73. The standard InChI is InChI=1S/C21H24N4O.HI/c1-3-22-21(24-14-16-9-11-19(26-2)12-10-16)25-15-18-7-4-6-17-8-5-13-23-20(17)18;/h4-13H,3,14-15H2,1-2H3,(H2,22,24,25);1H. The maximum absolute atomic E-state index is 5.19. The van der Waals surface area contributed by atoms with Crippen molar-refractivity contribution in [3.8, 4) is 5.75 Å². The Balaban J connectivity index is 0.00000261. The number of ether oxygens (including phenoxy) is 1. The fourth-order valence-electron chi connectivity index (χ4n) is 2.73. The van der Waals surface area contributed by atoms with Gasteiger partial charge in [-0.25, -0.2) is 4.99 Å². The first-order chi connectivity index (χ1) is 12.8. The molecule has 0 aliphatic heterocycles. The number of guanidine groups is 1. The highest BCUT2D eigenvalue weighted by atomic mass is 127. The number of methoxy groups -OCH3 is 1. The Bertz CT molecular complexity index is 875. The second-order valence-corrected chi connectivity index (χ2v) is 5.89. The average molecular weight is 476 g/mol. The van der Waals surface area contributed by atoms with Crippen molar-refractivity contribution in [3.63, 3.8) is 0 Å². The van der Waals surface area contributed by atoms with E-state index in [0.29, 0.717) is 13.1 Å². The summed E-state index contributed by atoms with van der Waals surface area (Å²) < 4.78 is 5.19. The zero-order chi connectivity index (χ0) is 18.2.